The fourth-order valence-corrected chi connectivity index (χ4v) is 3.13. The molecular formula is C11H21N3O6P+. The van der Waals surface area contributed by atoms with Crippen LogP contribution in [0.5, 0.6) is 0 Å². The first-order chi connectivity index (χ1) is 9.30. The van der Waals surface area contributed by atoms with Gasteiger partial charge in [0.1, 0.15) is 6.16 Å². The van der Waals surface area contributed by atoms with E-state index in [-0.39, 0.29) is 0 Å². The van der Waals surface area contributed by atoms with E-state index in [1.807, 2.05) is 0 Å². The van der Waals surface area contributed by atoms with Crippen LogP contribution < -0.4 is 11.5 Å². The standard InChI is InChI=1S/C11H20N3O6P/c1-5(12)8(15)11(10(17)18,9(16)6(2)13)4-21(19,20)7(3)14/h5-6,14,19-20H,4,12-13H2,1-3H3/p+1/t5-,6-/m0/s1. The summed E-state index contributed by atoms with van der Waals surface area (Å²) >= 11 is 0. The van der Waals surface area contributed by atoms with Gasteiger partial charge in [-0.2, -0.15) is 0 Å². The van der Waals surface area contributed by atoms with Crippen molar-refractivity contribution < 1.29 is 29.3 Å². The predicted octanol–water partition coefficient (Wildman–Crippen LogP) is -1.28. The molecule has 0 fully saturated rings. The van der Waals surface area contributed by atoms with E-state index in [9.17, 15) is 29.3 Å². The van der Waals surface area contributed by atoms with Gasteiger partial charge >= 0.3 is 13.7 Å². The maximum Gasteiger partial charge on any atom is 0.329 e. The van der Waals surface area contributed by atoms with Gasteiger partial charge in [-0.05, 0) is 13.8 Å². The average molecular weight is 322 g/mol. The molecule has 0 spiro atoms. The highest BCUT2D eigenvalue weighted by Gasteiger charge is 2.62. The van der Waals surface area contributed by atoms with Crippen LogP contribution in [0, 0.1) is 10.8 Å². The zero-order valence-electron chi connectivity index (χ0n) is 12.0. The molecule has 2 atom stereocenters. The Morgan fingerprint density at radius 3 is 1.67 bits per heavy atom. The fourth-order valence-electron chi connectivity index (χ4n) is 1.78. The summed E-state index contributed by atoms with van der Waals surface area (Å²) in [5.41, 5.74) is 7.38. The molecule has 0 saturated heterocycles. The summed E-state index contributed by atoms with van der Waals surface area (Å²) < 4.78 is 0. The second-order valence-electron chi connectivity index (χ2n) is 4.99. The first kappa shape index (κ1) is 19.8. The molecule has 0 heterocycles. The topological polar surface area (TPSA) is 188 Å². The third-order valence-corrected chi connectivity index (χ3v) is 5.02. The number of rotatable bonds is 8. The van der Waals surface area contributed by atoms with Crippen molar-refractivity contribution in [3.05, 3.63) is 0 Å². The monoisotopic (exact) mass is 322 g/mol. The number of aliphatic carboxylic acids is 1. The van der Waals surface area contributed by atoms with Crippen LogP contribution in [0.4, 0.5) is 0 Å². The second-order valence-corrected chi connectivity index (χ2v) is 7.44. The Morgan fingerprint density at radius 2 is 1.48 bits per heavy atom. The second kappa shape index (κ2) is 6.67. The van der Waals surface area contributed by atoms with Gasteiger partial charge in [0.2, 0.25) is 10.9 Å². The van der Waals surface area contributed by atoms with Crippen molar-refractivity contribution in [2.75, 3.05) is 6.16 Å². The molecule has 10 heteroatoms. The number of carboxylic acids is 1. The predicted molar refractivity (Wildman–Crippen MR) is 77.0 cm³/mol. The highest BCUT2D eigenvalue weighted by atomic mass is 31.2. The molecule has 0 amide bonds. The first-order valence-electron chi connectivity index (χ1n) is 6.03. The van der Waals surface area contributed by atoms with Crippen molar-refractivity contribution >= 4 is 30.7 Å². The van der Waals surface area contributed by atoms with E-state index >= 15 is 0 Å². The molecule has 120 valence electrons. The minimum Gasteiger partial charge on any atom is -0.480 e. The van der Waals surface area contributed by atoms with Crippen LogP contribution in [0.1, 0.15) is 20.8 Å². The van der Waals surface area contributed by atoms with Crippen molar-refractivity contribution in [3.8, 4) is 0 Å². The molecule has 0 aliphatic heterocycles. The average Bonchev–Trinajstić information content (AvgIpc) is 2.33. The molecule has 0 aromatic carbocycles. The molecule has 0 aliphatic carbocycles. The number of carbonyl (C=O) groups is 3. The largest absolute Gasteiger partial charge is 0.480 e. The number of hydrogen-bond acceptors (Lipinski definition) is 8. The minimum absolute atomic E-state index is 0.608. The molecule has 0 rings (SSSR count). The maximum atomic E-state index is 12.2. The van der Waals surface area contributed by atoms with E-state index in [2.05, 4.69) is 0 Å². The van der Waals surface area contributed by atoms with Gasteiger partial charge in [-0.1, -0.05) is 0 Å². The molecule has 9 nitrogen and oxygen atoms in total. The highest BCUT2D eigenvalue weighted by Crippen LogP contribution is 2.55. The van der Waals surface area contributed by atoms with Crippen LogP contribution in [-0.2, 0) is 14.4 Å². The fraction of sp³-hybridized carbons (Fsp3) is 0.636. The number of carboxylic acid groups (broad SMARTS) is 1. The molecule has 0 aromatic rings. The van der Waals surface area contributed by atoms with Gasteiger partial charge in [0.15, 0.2) is 11.6 Å². The van der Waals surface area contributed by atoms with Crippen molar-refractivity contribution in [1.29, 1.82) is 5.41 Å². The lowest BCUT2D eigenvalue weighted by molar-refractivity contribution is -0.159. The van der Waals surface area contributed by atoms with Gasteiger partial charge in [0.05, 0.1) is 12.1 Å². The Bertz CT molecular complexity index is 455. The molecule has 8 N–H and O–H groups in total. The van der Waals surface area contributed by atoms with Crippen LogP contribution in [-0.4, -0.2) is 56.1 Å². The van der Waals surface area contributed by atoms with Crippen LogP contribution in [0.25, 0.3) is 0 Å². The van der Waals surface area contributed by atoms with Crippen LogP contribution >= 0.6 is 7.72 Å². The van der Waals surface area contributed by atoms with E-state index < -0.39 is 54.4 Å². The molecule has 0 aromatic heterocycles. The number of ketones is 2. The van der Waals surface area contributed by atoms with Crippen molar-refractivity contribution in [2.24, 2.45) is 16.9 Å². The number of nitrogens with two attached hydrogens (primary N) is 2. The van der Waals surface area contributed by atoms with Gasteiger partial charge < -0.3 is 16.6 Å². The summed E-state index contributed by atoms with van der Waals surface area (Å²) in [4.78, 5) is 55.6. The van der Waals surface area contributed by atoms with Gasteiger partial charge in [0, 0.05) is 6.92 Å². The third-order valence-electron chi connectivity index (χ3n) is 3.03. The van der Waals surface area contributed by atoms with Crippen molar-refractivity contribution in [1.82, 2.24) is 0 Å². The van der Waals surface area contributed by atoms with E-state index in [0.717, 1.165) is 6.92 Å². The molecule has 0 saturated carbocycles. The molecule has 0 radical (unpaired) electrons. The lowest BCUT2D eigenvalue weighted by Crippen LogP contribution is -2.58. The van der Waals surface area contributed by atoms with E-state index in [4.69, 9.17) is 16.9 Å². The van der Waals surface area contributed by atoms with E-state index in [1.54, 1.807) is 0 Å². The normalized spacial score (nSPS) is 15.2. The maximum absolute atomic E-state index is 12.2. The van der Waals surface area contributed by atoms with Gasteiger partial charge in [0.25, 0.3) is 0 Å². The number of nitrogens with one attached hydrogen (secondary N) is 1. The third kappa shape index (κ3) is 3.90. The summed E-state index contributed by atoms with van der Waals surface area (Å²) in [6, 6.07) is -2.65. The molecule has 0 bridgehead atoms. The van der Waals surface area contributed by atoms with Crippen LogP contribution in [0.15, 0.2) is 0 Å². The van der Waals surface area contributed by atoms with Crippen molar-refractivity contribution in [3.63, 3.8) is 0 Å². The summed E-state index contributed by atoms with van der Waals surface area (Å²) in [5, 5.41) is 16.7. The molecular weight excluding hydrogens is 301 g/mol. The Morgan fingerprint density at radius 1 is 1.14 bits per heavy atom. The first-order valence-corrected chi connectivity index (χ1v) is 7.91. The van der Waals surface area contributed by atoms with E-state index in [1.165, 1.54) is 13.8 Å². The number of carbonyl (C=O) groups excluding carboxylic acids is 2. The highest BCUT2D eigenvalue weighted by molar-refractivity contribution is 7.81. The Labute approximate surface area is 122 Å². The van der Waals surface area contributed by atoms with E-state index in [0.29, 0.717) is 0 Å². The van der Waals surface area contributed by atoms with Gasteiger partial charge in [-0.15, -0.1) is 0 Å². The van der Waals surface area contributed by atoms with Gasteiger partial charge in [-0.25, -0.2) is 9.79 Å². The summed E-state index contributed by atoms with van der Waals surface area (Å²) in [6.45, 7) is 3.41. The molecule has 0 unspecified atom stereocenters. The zero-order valence-corrected chi connectivity index (χ0v) is 12.9. The van der Waals surface area contributed by atoms with Crippen LogP contribution in [0.3, 0.4) is 0 Å². The SMILES string of the molecule is CC(=N)[P+](O)(O)CC(C(=O)O)(C(=O)[C@H](C)N)C(=O)[C@H](C)N. The molecule has 0 aliphatic rings. The quantitative estimate of drug-likeness (QED) is 0.181. The minimum atomic E-state index is -4.23. The van der Waals surface area contributed by atoms with Crippen molar-refractivity contribution in [2.45, 2.75) is 32.9 Å². The Kier molecular flexibility index (Phi) is 6.28. The Balaban J connectivity index is 6.20. The lowest BCUT2D eigenvalue weighted by Gasteiger charge is -2.29. The lowest BCUT2D eigenvalue weighted by atomic mass is 9.76. The van der Waals surface area contributed by atoms with Crippen LogP contribution in [0.2, 0.25) is 0 Å². The summed E-state index contributed by atoms with van der Waals surface area (Å²) in [7, 11) is -4.23. The van der Waals surface area contributed by atoms with Gasteiger partial charge in [-0.3, -0.25) is 19.8 Å². The Hall–Kier alpha value is -1.25. The zero-order chi connectivity index (χ0) is 17.2. The number of hydrogen-bond donors (Lipinski definition) is 6. The number of Topliss-reactive ketones (excluding diaryl/α,β-unsaturated/α-hetero) is 2. The summed E-state index contributed by atoms with van der Waals surface area (Å²) in [6.07, 6.45) is -1.12. The summed E-state index contributed by atoms with van der Waals surface area (Å²) in [5.74, 6) is -4.21. The molecule has 21 heavy (non-hydrogen) atoms. The smallest absolute Gasteiger partial charge is 0.329 e.